The van der Waals surface area contributed by atoms with E-state index in [9.17, 15) is 9.59 Å². The van der Waals surface area contributed by atoms with Crippen molar-refractivity contribution in [2.24, 2.45) is 0 Å². The molecule has 0 saturated heterocycles. The van der Waals surface area contributed by atoms with Gasteiger partial charge in [0.05, 0.1) is 17.9 Å². The number of hydrogen-bond donors (Lipinski definition) is 1. The minimum Gasteiger partial charge on any atom is -0.462 e. The number of nitrogens with one attached hydrogen (secondary N) is 1. The first-order chi connectivity index (χ1) is 15.1. The highest BCUT2D eigenvalue weighted by molar-refractivity contribution is 5.95. The van der Waals surface area contributed by atoms with Crippen LogP contribution in [0, 0.1) is 6.92 Å². The Hall–Kier alpha value is -3.34. The number of aromatic nitrogens is 1. The molecule has 0 aliphatic heterocycles. The topological polar surface area (TPSA) is 60.3 Å². The average Bonchev–Trinajstić information content (AvgIpc) is 3.42. The van der Waals surface area contributed by atoms with Crippen LogP contribution in [0.5, 0.6) is 0 Å². The van der Waals surface area contributed by atoms with Crippen LogP contribution in [-0.2, 0) is 4.74 Å². The highest BCUT2D eigenvalue weighted by atomic mass is 16.5. The summed E-state index contributed by atoms with van der Waals surface area (Å²) >= 11 is 0. The van der Waals surface area contributed by atoms with Gasteiger partial charge in [0, 0.05) is 23.0 Å². The molecule has 2 aromatic carbocycles. The standard InChI is InChI=1S/C26H28N2O3/c1-3-31-26(30)23-17-24(19-10-5-4-6-11-19)28(18(23)2)22-15-9-12-20(16-22)25(29)27-21-13-7-8-14-21/h4-6,9-12,15-17,21H,3,7-8,13-14H2,1-2H3,(H,27,29). The largest absolute Gasteiger partial charge is 0.462 e. The summed E-state index contributed by atoms with van der Waals surface area (Å²) in [4.78, 5) is 25.4. The number of carbonyl (C=O) groups excluding carboxylic acids is 2. The number of carbonyl (C=O) groups is 2. The summed E-state index contributed by atoms with van der Waals surface area (Å²) in [5.41, 5.74) is 4.64. The summed E-state index contributed by atoms with van der Waals surface area (Å²) in [6, 6.07) is 19.6. The molecule has 1 aliphatic rings. The zero-order valence-electron chi connectivity index (χ0n) is 18.1. The van der Waals surface area contributed by atoms with Crippen molar-refractivity contribution in [3.8, 4) is 16.9 Å². The van der Waals surface area contributed by atoms with E-state index in [4.69, 9.17) is 4.74 Å². The molecule has 0 spiro atoms. The molecule has 4 rings (SSSR count). The van der Waals surface area contributed by atoms with Crippen molar-refractivity contribution in [3.63, 3.8) is 0 Å². The first-order valence-corrected chi connectivity index (χ1v) is 10.9. The number of amides is 1. The molecule has 1 heterocycles. The smallest absolute Gasteiger partial charge is 0.339 e. The molecule has 1 aromatic heterocycles. The Bertz CT molecular complexity index is 1080. The summed E-state index contributed by atoms with van der Waals surface area (Å²) in [5, 5.41) is 3.15. The molecule has 1 saturated carbocycles. The summed E-state index contributed by atoms with van der Waals surface area (Å²) in [7, 11) is 0. The second kappa shape index (κ2) is 9.21. The predicted octanol–water partition coefficient (Wildman–Crippen LogP) is 5.30. The Morgan fingerprint density at radius 1 is 1.03 bits per heavy atom. The van der Waals surface area contributed by atoms with Crippen molar-refractivity contribution >= 4 is 11.9 Å². The van der Waals surface area contributed by atoms with Crippen molar-refractivity contribution in [3.05, 3.63) is 77.5 Å². The molecule has 0 atom stereocenters. The zero-order chi connectivity index (χ0) is 21.8. The summed E-state index contributed by atoms with van der Waals surface area (Å²) in [6.07, 6.45) is 4.43. The quantitative estimate of drug-likeness (QED) is 0.555. The van der Waals surface area contributed by atoms with Crippen LogP contribution < -0.4 is 5.32 Å². The van der Waals surface area contributed by atoms with E-state index in [1.54, 1.807) is 6.92 Å². The van der Waals surface area contributed by atoms with Gasteiger partial charge in [0.15, 0.2) is 0 Å². The third kappa shape index (κ3) is 4.41. The number of ether oxygens (including phenoxy) is 1. The van der Waals surface area contributed by atoms with Gasteiger partial charge in [0.25, 0.3) is 5.91 Å². The number of hydrogen-bond acceptors (Lipinski definition) is 3. The highest BCUT2D eigenvalue weighted by Crippen LogP contribution is 2.30. The van der Waals surface area contributed by atoms with E-state index in [1.807, 2.05) is 72.2 Å². The van der Waals surface area contributed by atoms with E-state index in [-0.39, 0.29) is 17.9 Å². The Morgan fingerprint density at radius 2 is 1.77 bits per heavy atom. The Labute approximate surface area is 183 Å². The molecule has 160 valence electrons. The van der Waals surface area contributed by atoms with E-state index >= 15 is 0 Å². The van der Waals surface area contributed by atoms with Crippen LogP contribution in [-0.4, -0.2) is 29.1 Å². The Balaban J connectivity index is 1.76. The number of benzene rings is 2. The Kier molecular flexibility index (Phi) is 6.21. The van der Waals surface area contributed by atoms with E-state index in [2.05, 4.69) is 5.32 Å². The molecule has 3 aromatic rings. The molecule has 1 amide bonds. The van der Waals surface area contributed by atoms with E-state index in [1.165, 1.54) is 12.8 Å². The minimum atomic E-state index is -0.342. The third-order valence-electron chi connectivity index (χ3n) is 5.87. The lowest BCUT2D eigenvalue weighted by atomic mass is 10.1. The fraction of sp³-hybridized carbons (Fsp3) is 0.308. The van der Waals surface area contributed by atoms with Gasteiger partial charge in [-0.3, -0.25) is 4.79 Å². The number of rotatable bonds is 6. The van der Waals surface area contributed by atoms with Crippen molar-refractivity contribution in [1.82, 2.24) is 9.88 Å². The molecule has 31 heavy (non-hydrogen) atoms. The third-order valence-corrected chi connectivity index (χ3v) is 5.87. The van der Waals surface area contributed by atoms with E-state index in [0.29, 0.717) is 17.7 Å². The molecule has 0 bridgehead atoms. The van der Waals surface area contributed by atoms with Crippen LogP contribution in [0.2, 0.25) is 0 Å². The lowest BCUT2D eigenvalue weighted by Crippen LogP contribution is -2.32. The molecular weight excluding hydrogens is 388 g/mol. The van der Waals surface area contributed by atoms with Crippen LogP contribution in [0.25, 0.3) is 16.9 Å². The SMILES string of the molecule is CCOC(=O)c1cc(-c2ccccc2)n(-c2cccc(C(=O)NC3CCCC3)c2)c1C. The number of nitrogens with zero attached hydrogens (tertiary/aromatic N) is 1. The molecule has 0 unspecified atom stereocenters. The second-order valence-electron chi connectivity index (χ2n) is 7.96. The molecule has 5 heteroatoms. The maximum atomic E-state index is 12.8. The lowest BCUT2D eigenvalue weighted by Gasteiger charge is -2.15. The lowest BCUT2D eigenvalue weighted by molar-refractivity contribution is 0.0525. The maximum absolute atomic E-state index is 12.8. The molecule has 1 aliphatic carbocycles. The van der Waals surface area contributed by atoms with Gasteiger partial charge in [0.2, 0.25) is 0 Å². The summed E-state index contributed by atoms with van der Waals surface area (Å²) in [6.45, 7) is 4.03. The summed E-state index contributed by atoms with van der Waals surface area (Å²) < 4.78 is 7.29. The average molecular weight is 417 g/mol. The van der Waals surface area contributed by atoms with Gasteiger partial charge in [-0.05, 0) is 56.5 Å². The first kappa shape index (κ1) is 20.9. The number of esters is 1. The fourth-order valence-electron chi connectivity index (χ4n) is 4.30. The maximum Gasteiger partial charge on any atom is 0.339 e. The highest BCUT2D eigenvalue weighted by Gasteiger charge is 2.22. The van der Waals surface area contributed by atoms with Crippen LogP contribution >= 0.6 is 0 Å². The van der Waals surface area contributed by atoms with Crippen molar-refractivity contribution in [2.75, 3.05) is 6.61 Å². The first-order valence-electron chi connectivity index (χ1n) is 10.9. The molecule has 5 nitrogen and oxygen atoms in total. The van der Waals surface area contributed by atoms with Gasteiger partial charge < -0.3 is 14.6 Å². The van der Waals surface area contributed by atoms with Crippen LogP contribution in [0.4, 0.5) is 0 Å². The monoisotopic (exact) mass is 416 g/mol. The van der Waals surface area contributed by atoms with Gasteiger partial charge in [0.1, 0.15) is 0 Å². The normalized spacial score (nSPS) is 13.9. The predicted molar refractivity (Wildman–Crippen MR) is 122 cm³/mol. The molecule has 1 fully saturated rings. The van der Waals surface area contributed by atoms with E-state index < -0.39 is 0 Å². The van der Waals surface area contributed by atoms with E-state index in [0.717, 1.165) is 35.5 Å². The van der Waals surface area contributed by atoms with Crippen LogP contribution in [0.3, 0.4) is 0 Å². The fourth-order valence-corrected chi connectivity index (χ4v) is 4.30. The van der Waals surface area contributed by atoms with Crippen LogP contribution in [0.1, 0.15) is 59.0 Å². The van der Waals surface area contributed by atoms with Gasteiger partial charge in [-0.15, -0.1) is 0 Å². The summed E-state index contributed by atoms with van der Waals surface area (Å²) in [5.74, 6) is -0.392. The Morgan fingerprint density at radius 3 is 2.48 bits per heavy atom. The minimum absolute atomic E-state index is 0.0505. The van der Waals surface area contributed by atoms with Gasteiger partial charge >= 0.3 is 5.97 Å². The van der Waals surface area contributed by atoms with Gasteiger partial charge in [-0.2, -0.15) is 0 Å². The zero-order valence-corrected chi connectivity index (χ0v) is 18.1. The van der Waals surface area contributed by atoms with Crippen molar-refractivity contribution in [1.29, 1.82) is 0 Å². The van der Waals surface area contributed by atoms with Crippen LogP contribution in [0.15, 0.2) is 60.7 Å². The van der Waals surface area contributed by atoms with Crippen molar-refractivity contribution < 1.29 is 14.3 Å². The second-order valence-corrected chi connectivity index (χ2v) is 7.96. The molecule has 0 radical (unpaired) electrons. The molecular formula is C26H28N2O3. The molecule has 1 N–H and O–H groups in total. The van der Waals surface area contributed by atoms with Crippen molar-refractivity contribution in [2.45, 2.75) is 45.6 Å². The van der Waals surface area contributed by atoms with Gasteiger partial charge in [-0.1, -0.05) is 49.2 Å². The van der Waals surface area contributed by atoms with Gasteiger partial charge in [-0.25, -0.2) is 4.79 Å².